The van der Waals surface area contributed by atoms with E-state index >= 15 is 0 Å². The van der Waals surface area contributed by atoms with E-state index in [2.05, 4.69) is 74.5 Å². The molecule has 4 aromatic rings. The molecule has 1 heteroatoms. The summed E-state index contributed by atoms with van der Waals surface area (Å²) in [7, 11) is 0. The van der Waals surface area contributed by atoms with Gasteiger partial charge >= 0.3 is 0 Å². The second kappa shape index (κ2) is 11.1. The Labute approximate surface area is 198 Å². The Kier molecular flexibility index (Phi) is 7.73. The maximum Gasteiger partial charge on any atom is 0.131 e. The number of benzene rings is 4. The van der Waals surface area contributed by atoms with Gasteiger partial charge in [0.05, 0.1) is 0 Å². The maximum atomic E-state index is 15.0. The van der Waals surface area contributed by atoms with Gasteiger partial charge in [0.25, 0.3) is 0 Å². The molecule has 0 bridgehead atoms. The Morgan fingerprint density at radius 1 is 0.455 bits per heavy atom. The summed E-state index contributed by atoms with van der Waals surface area (Å²) in [6.45, 7) is 4.39. The highest BCUT2D eigenvalue weighted by molar-refractivity contribution is 5.71. The van der Waals surface area contributed by atoms with Crippen LogP contribution in [0.25, 0.3) is 22.3 Å². The zero-order valence-electron chi connectivity index (χ0n) is 19.8. The van der Waals surface area contributed by atoms with Crippen molar-refractivity contribution in [2.45, 2.75) is 52.4 Å². The number of rotatable bonds is 9. The summed E-state index contributed by atoms with van der Waals surface area (Å²) in [6, 6.07) is 31.3. The molecule has 0 saturated heterocycles. The van der Waals surface area contributed by atoms with Gasteiger partial charge in [-0.05, 0) is 70.7 Å². The van der Waals surface area contributed by atoms with Crippen LogP contribution < -0.4 is 0 Å². The number of hydrogen-bond donors (Lipinski definition) is 0. The molecule has 0 atom stereocenters. The van der Waals surface area contributed by atoms with E-state index in [1.165, 1.54) is 28.7 Å². The van der Waals surface area contributed by atoms with E-state index < -0.39 is 0 Å². The first-order valence-electron chi connectivity index (χ1n) is 12.2. The summed E-state index contributed by atoms with van der Waals surface area (Å²) in [6.07, 6.45) is 6.54. The Bertz CT molecular complexity index is 1150. The summed E-state index contributed by atoms with van der Waals surface area (Å²) in [4.78, 5) is 0. The predicted octanol–water partition coefficient (Wildman–Crippen LogP) is 8.85. The van der Waals surface area contributed by atoms with Crippen molar-refractivity contribution in [1.82, 2.24) is 0 Å². The first kappa shape index (κ1) is 23.0. The highest BCUT2D eigenvalue weighted by Gasteiger charge is 2.08. The molecule has 33 heavy (non-hydrogen) atoms. The van der Waals surface area contributed by atoms with Crippen LogP contribution in [0.5, 0.6) is 0 Å². The molecule has 168 valence electrons. The standard InChI is InChI=1S/C32H33F/c1-3-5-24-7-9-26(10-8-24)11-12-27-15-19-29(20-16-27)31-22-21-30(23-32(31)33)28-17-13-25(6-4-2)14-18-28/h7-10,13-23H,3-6,11-12H2,1-2H3. The van der Waals surface area contributed by atoms with Crippen LogP contribution in [-0.2, 0) is 25.7 Å². The number of aryl methyl sites for hydroxylation is 4. The third-order valence-electron chi connectivity index (χ3n) is 6.32. The van der Waals surface area contributed by atoms with Crippen LogP contribution in [-0.4, -0.2) is 0 Å². The molecule has 0 aliphatic rings. The van der Waals surface area contributed by atoms with Crippen LogP contribution in [0.3, 0.4) is 0 Å². The zero-order valence-corrected chi connectivity index (χ0v) is 19.8. The lowest BCUT2D eigenvalue weighted by Gasteiger charge is -2.09. The highest BCUT2D eigenvalue weighted by atomic mass is 19.1. The first-order valence-corrected chi connectivity index (χ1v) is 12.2. The molecule has 4 rings (SSSR count). The van der Waals surface area contributed by atoms with Gasteiger partial charge in [0, 0.05) is 5.56 Å². The van der Waals surface area contributed by atoms with E-state index in [1.807, 2.05) is 24.3 Å². The van der Waals surface area contributed by atoms with Crippen LogP contribution in [0.4, 0.5) is 4.39 Å². The van der Waals surface area contributed by atoms with Crippen molar-refractivity contribution >= 4 is 0 Å². The van der Waals surface area contributed by atoms with Crippen molar-refractivity contribution in [2.75, 3.05) is 0 Å². The normalized spacial score (nSPS) is 11.0. The van der Waals surface area contributed by atoms with E-state index in [-0.39, 0.29) is 5.82 Å². The largest absolute Gasteiger partial charge is 0.206 e. The molecule has 0 aliphatic carbocycles. The molecule has 0 heterocycles. The van der Waals surface area contributed by atoms with Crippen LogP contribution in [0.2, 0.25) is 0 Å². The van der Waals surface area contributed by atoms with Crippen molar-refractivity contribution in [3.05, 3.63) is 119 Å². The number of halogens is 1. The molecule has 0 spiro atoms. The maximum absolute atomic E-state index is 15.0. The minimum Gasteiger partial charge on any atom is -0.206 e. The van der Waals surface area contributed by atoms with Gasteiger partial charge < -0.3 is 0 Å². The second-order valence-electron chi connectivity index (χ2n) is 8.90. The molecular formula is C32H33F. The lowest BCUT2D eigenvalue weighted by atomic mass is 9.97. The topological polar surface area (TPSA) is 0 Å². The SMILES string of the molecule is CCCc1ccc(CCc2ccc(-c3ccc(-c4ccc(CCC)cc4)cc3F)cc2)cc1. The molecule has 0 unspecified atom stereocenters. The van der Waals surface area contributed by atoms with E-state index in [9.17, 15) is 4.39 Å². The monoisotopic (exact) mass is 436 g/mol. The van der Waals surface area contributed by atoms with Gasteiger partial charge in [0.15, 0.2) is 0 Å². The average molecular weight is 437 g/mol. The van der Waals surface area contributed by atoms with Gasteiger partial charge in [-0.3, -0.25) is 0 Å². The van der Waals surface area contributed by atoms with Gasteiger partial charge in [-0.15, -0.1) is 0 Å². The van der Waals surface area contributed by atoms with Gasteiger partial charge in [0.2, 0.25) is 0 Å². The molecule has 0 saturated carbocycles. The summed E-state index contributed by atoms with van der Waals surface area (Å²) >= 11 is 0. The number of hydrogen-bond acceptors (Lipinski definition) is 0. The lowest BCUT2D eigenvalue weighted by Crippen LogP contribution is -1.93. The van der Waals surface area contributed by atoms with Gasteiger partial charge in [-0.25, -0.2) is 4.39 Å². The fraction of sp³-hybridized carbons (Fsp3) is 0.250. The van der Waals surface area contributed by atoms with E-state index in [0.717, 1.165) is 48.8 Å². The van der Waals surface area contributed by atoms with E-state index in [4.69, 9.17) is 0 Å². The molecule has 0 aliphatic heterocycles. The zero-order chi connectivity index (χ0) is 23.0. The van der Waals surface area contributed by atoms with Crippen molar-refractivity contribution in [2.24, 2.45) is 0 Å². The first-order chi connectivity index (χ1) is 16.2. The summed E-state index contributed by atoms with van der Waals surface area (Å²) in [5, 5.41) is 0. The van der Waals surface area contributed by atoms with Crippen LogP contribution >= 0.6 is 0 Å². The molecular weight excluding hydrogens is 403 g/mol. The fourth-order valence-electron chi connectivity index (χ4n) is 4.38. The Balaban J connectivity index is 1.41. The van der Waals surface area contributed by atoms with Crippen molar-refractivity contribution in [3.63, 3.8) is 0 Å². The van der Waals surface area contributed by atoms with Gasteiger partial charge in [0.1, 0.15) is 5.82 Å². The third kappa shape index (κ3) is 5.99. The van der Waals surface area contributed by atoms with Crippen molar-refractivity contribution < 1.29 is 4.39 Å². The Morgan fingerprint density at radius 2 is 0.848 bits per heavy atom. The molecule has 0 N–H and O–H groups in total. The van der Waals surface area contributed by atoms with Gasteiger partial charge in [-0.1, -0.05) is 112 Å². The molecule has 0 radical (unpaired) electrons. The Hall–Kier alpha value is -3.19. The fourth-order valence-corrected chi connectivity index (χ4v) is 4.38. The highest BCUT2D eigenvalue weighted by Crippen LogP contribution is 2.29. The van der Waals surface area contributed by atoms with Crippen LogP contribution in [0, 0.1) is 5.82 Å². The van der Waals surface area contributed by atoms with Gasteiger partial charge in [-0.2, -0.15) is 0 Å². The molecule has 0 amide bonds. The summed E-state index contributed by atoms with van der Waals surface area (Å²) in [5.41, 5.74) is 8.92. The molecule has 0 fully saturated rings. The van der Waals surface area contributed by atoms with E-state index in [1.54, 1.807) is 6.07 Å². The minimum atomic E-state index is -0.176. The van der Waals surface area contributed by atoms with E-state index in [0.29, 0.717) is 5.56 Å². The molecule has 0 aromatic heterocycles. The van der Waals surface area contributed by atoms with Crippen LogP contribution in [0.15, 0.2) is 91.0 Å². The quantitative estimate of drug-likeness (QED) is 0.246. The third-order valence-corrected chi connectivity index (χ3v) is 6.32. The smallest absolute Gasteiger partial charge is 0.131 e. The van der Waals surface area contributed by atoms with Crippen molar-refractivity contribution in [1.29, 1.82) is 0 Å². The predicted molar refractivity (Wildman–Crippen MR) is 139 cm³/mol. The summed E-state index contributed by atoms with van der Waals surface area (Å²) in [5.74, 6) is -0.176. The van der Waals surface area contributed by atoms with Crippen LogP contribution in [0.1, 0.15) is 48.9 Å². The lowest BCUT2D eigenvalue weighted by molar-refractivity contribution is 0.632. The summed E-state index contributed by atoms with van der Waals surface area (Å²) < 4.78 is 15.0. The minimum absolute atomic E-state index is 0.176. The molecule has 4 aromatic carbocycles. The Morgan fingerprint density at radius 3 is 1.30 bits per heavy atom. The molecule has 0 nitrogen and oxygen atoms in total. The average Bonchev–Trinajstić information content (AvgIpc) is 2.85. The second-order valence-corrected chi connectivity index (χ2v) is 8.90. The van der Waals surface area contributed by atoms with Crippen molar-refractivity contribution in [3.8, 4) is 22.3 Å².